The van der Waals surface area contributed by atoms with Gasteiger partial charge in [0.25, 0.3) is 5.56 Å². The van der Waals surface area contributed by atoms with Crippen LogP contribution in [0, 0.1) is 0 Å². The molecule has 2 aromatic heterocycles. The van der Waals surface area contributed by atoms with E-state index < -0.39 is 11.2 Å². The molecule has 1 saturated heterocycles. The molecule has 3 heterocycles. The van der Waals surface area contributed by atoms with Crippen LogP contribution in [-0.2, 0) is 0 Å². The van der Waals surface area contributed by atoms with Crippen molar-refractivity contribution < 1.29 is 4.52 Å². The third-order valence-corrected chi connectivity index (χ3v) is 3.96. The summed E-state index contributed by atoms with van der Waals surface area (Å²) < 4.78 is 6.78. The summed E-state index contributed by atoms with van der Waals surface area (Å²) in [5.74, 6) is 0.821. The lowest BCUT2D eigenvalue weighted by Gasteiger charge is -2.26. The Bertz CT molecular complexity index is 965. The highest BCUT2D eigenvalue weighted by molar-refractivity contribution is 5.89. The third kappa shape index (κ3) is 2.42. The van der Waals surface area contributed by atoms with Gasteiger partial charge in [-0.3, -0.25) is 14.3 Å². The Labute approximate surface area is 130 Å². The van der Waals surface area contributed by atoms with E-state index in [0.717, 1.165) is 37.4 Å². The number of rotatable bonds is 2. The molecule has 0 atom stereocenters. The van der Waals surface area contributed by atoms with Crippen molar-refractivity contribution in [3.05, 3.63) is 51.3 Å². The zero-order valence-electron chi connectivity index (χ0n) is 12.3. The molecular formula is C15H15N5O3. The van der Waals surface area contributed by atoms with Gasteiger partial charge in [0.05, 0.1) is 11.1 Å². The van der Waals surface area contributed by atoms with E-state index in [1.54, 1.807) is 6.07 Å². The standard InChI is InChI=1S/C15H15N5O3/c21-13-3-6-20(15(22)17-13)10-1-2-11-12(9-10)23-18-14(11)19-7-4-16-5-8-19/h1-3,6,9,16H,4-5,7-8H2,(H,17,21,22). The maximum absolute atomic E-state index is 11.9. The van der Waals surface area contributed by atoms with Gasteiger partial charge in [-0.2, -0.15) is 0 Å². The molecule has 0 amide bonds. The van der Waals surface area contributed by atoms with Crippen LogP contribution >= 0.6 is 0 Å². The van der Waals surface area contributed by atoms with Crippen LogP contribution in [0.2, 0.25) is 0 Å². The van der Waals surface area contributed by atoms with Gasteiger partial charge >= 0.3 is 5.69 Å². The molecule has 0 radical (unpaired) electrons. The highest BCUT2D eigenvalue weighted by Gasteiger charge is 2.18. The van der Waals surface area contributed by atoms with Gasteiger partial charge in [0, 0.05) is 44.5 Å². The van der Waals surface area contributed by atoms with Crippen molar-refractivity contribution in [2.24, 2.45) is 0 Å². The van der Waals surface area contributed by atoms with Crippen molar-refractivity contribution in [2.75, 3.05) is 31.1 Å². The van der Waals surface area contributed by atoms with Gasteiger partial charge in [-0.05, 0) is 12.1 Å². The molecule has 2 N–H and O–H groups in total. The summed E-state index contributed by atoms with van der Waals surface area (Å²) in [4.78, 5) is 27.4. The number of hydrogen-bond acceptors (Lipinski definition) is 6. The van der Waals surface area contributed by atoms with E-state index in [9.17, 15) is 9.59 Å². The summed E-state index contributed by atoms with van der Waals surface area (Å²) in [7, 11) is 0. The molecular weight excluding hydrogens is 298 g/mol. The zero-order chi connectivity index (χ0) is 15.8. The van der Waals surface area contributed by atoms with Gasteiger partial charge in [0.15, 0.2) is 11.4 Å². The smallest absolute Gasteiger partial charge is 0.332 e. The Kier molecular flexibility index (Phi) is 3.23. The molecule has 1 fully saturated rings. The van der Waals surface area contributed by atoms with E-state index in [-0.39, 0.29) is 0 Å². The number of aromatic amines is 1. The fourth-order valence-electron chi connectivity index (χ4n) is 2.79. The van der Waals surface area contributed by atoms with Crippen molar-refractivity contribution in [1.29, 1.82) is 0 Å². The summed E-state index contributed by atoms with van der Waals surface area (Å²) >= 11 is 0. The molecule has 0 spiro atoms. The Hall–Kier alpha value is -2.87. The Morgan fingerprint density at radius 3 is 2.74 bits per heavy atom. The van der Waals surface area contributed by atoms with E-state index in [2.05, 4.69) is 20.4 Å². The molecule has 23 heavy (non-hydrogen) atoms. The second kappa shape index (κ2) is 5.40. The summed E-state index contributed by atoms with van der Waals surface area (Å²) in [6.07, 6.45) is 1.44. The molecule has 4 rings (SSSR count). The minimum atomic E-state index is -0.487. The highest BCUT2D eigenvalue weighted by atomic mass is 16.5. The van der Waals surface area contributed by atoms with Gasteiger partial charge in [-0.1, -0.05) is 5.16 Å². The van der Waals surface area contributed by atoms with Crippen molar-refractivity contribution >= 4 is 16.8 Å². The number of fused-ring (bicyclic) bond motifs is 1. The Morgan fingerprint density at radius 2 is 1.96 bits per heavy atom. The number of benzene rings is 1. The lowest BCUT2D eigenvalue weighted by molar-refractivity contribution is 0.451. The summed E-state index contributed by atoms with van der Waals surface area (Å²) in [5, 5.41) is 8.38. The average Bonchev–Trinajstić information content (AvgIpc) is 2.99. The lowest BCUT2D eigenvalue weighted by Crippen LogP contribution is -2.43. The van der Waals surface area contributed by atoms with E-state index in [4.69, 9.17) is 4.52 Å². The number of H-pyrrole nitrogens is 1. The quantitative estimate of drug-likeness (QED) is 0.695. The topological polar surface area (TPSA) is 96.2 Å². The van der Waals surface area contributed by atoms with E-state index in [1.807, 2.05) is 12.1 Å². The SMILES string of the molecule is O=c1ccn(-c2ccc3c(N4CCNCC4)noc3c2)c(=O)[nH]1. The monoisotopic (exact) mass is 313 g/mol. The van der Waals surface area contributed by atoms with Crippen LogP contribution in [0.25, 0.3) is 16.7 Å². The zero-order valence-corrected chi connectivity index (χ0v) is 12.3. The van der Waals surface area contributed by atoms with Crippen LogP contribution in [0.4, 0.5) is 5.82 Å². The van der Waals surface area contributed by atoms with E-state index in [1.165, 1.54) is 16.8 Å². The van der Waals surface area contributed by atoms with Crippen molar-refractivity contribution in [2.45, 2.75) is 0 Å². The molecule has 0 bridgehead atoms. The molecule has 1 aliphatic rings. The second-order valence-electron chi connectivity index (χ2n) is 5.40. The van der Waals surface area contributed by atoms with Crippen LogP contribution in [0.1, 0.15) is 0 Å². The fraction of sp³-hybridized carbons (Fsp3) is 0.267. The van der Waals surface area contributed by atoms with Crippen LogP contribution in [-0.4, -0.2) is 40.9 Å². The molecule has 1 aromatic carbocycles. The summed E-state index contributed by atoms with van der Waals surface area (Å²) in [5.41, 5.74) is 0.308. The highest BCUT2D eigenvalue weighted by Crippen LogP contribution is 2.27. The minimum Gasteiger partial charge on any atom is -0.354 e. The van der Waals surface area contributed by atoms with Gasteiger partial charge in [-0.15, -0.1) is 0 Å². The fourth-order valence-corrected chi connectivity index (χ4v) is 2.79. The van der Waals surface area contributed by atoms with Gasteiger partial charge in [0.2, 0.25) is 0 Å². The third-order valence-electron chi connectivity index (χ3n) is 3.96. The molecule has 3 aromatic rings. The van der Waals surface area contributed by atoms with Crippen LogP contribution < -0.4 is 21.5 Å². The predicted molar refractivity (Wildman–Crippen MR) is 85.3 cm³/mol. The molecule has 0 unspecified atom stereocenters. The molecule has 118 valence electrons. The number of aromatic nitrogens is 3. The van der Waals surface area contributed by atoms with E-state index in [0.29, 0.717) is 11.3 Å². The van der Waals surface area contributed by atoms with Crippen molar-refractivity contribution in [3.63, 3.8) is 0 Å². The summed E-state index contributed by atoms with van der Waals surface area (Å²) in [6, 6.07) is 6.74. The number of piperazine rings is 1. The second-order valence-corrected chi connectivity index (χ2v) is 5.40. The van der Waals surface area contributed by atoms with Gasteiger partial charge in [0.1, 0.15) is 0 Å². The number of hydrogen-bond donors (Lipinski definition) is 2. The largest absolute Gasteiger partial charge is 0.354 e. The van der Waals surface area contributed by atoms with Crippen molar-refractivity contribution in [1.82, 2.24) is 20.0 Å². The number of nitrogens with zero attached hydrogens (tertiary/aromatic N) is 3. The Balaban J connectivity index is 1.77. The minimum absolute atomic E-state index is 0.423. The van der Waals surface area contributed by atoms with Crippen molar-refractivity contribution in [3.8, 4) is 5.69 Å². The van der Waals surface area contributed by atoms with Gasteiger partial charge in [-0.25, -0.2) is 4.79 Å². The number of nitrogens with one attached hydrogen (secondary N) is 2. The van der Waals surface area contributed by atoms with Crippen LogP contribution in [0.15, 0.2) is 44.6 Å². The maximum Gasteiger partial charge on any atom is 0.332 e. The Morgan fingerprint density at radius 1 is 1.13 bits per heavy atom. The first-order chi connectivity index (χ1) is 11.2. The molecule has 8 heteroatoms. The average molecular weight is 313 g/mol. The molecule has 0 saturated carbocycles. The first-order valence-electron chi connectivity index (χ1n) is 7.40. The van der Waals surface area contributed by atoms with E-state index >= 15 is 0 Å². The molecule has 0 aliphatic carbocycles. The predicted octanol–water partition coefficient (Wildman–Crippen LogP) is 0.0766. The number of anilines is 1. The first-order valence-corrected chi connectivity index (χ1v) is 7.40. The maximum atomic E-state index is 11.9. The van der Waals surface area contributed by atoms with Gasteiger partial charge < -0.3 is 14.7 Å². The first kappa shape index (κ1) is 13.8. The normalized spacial score (nSPS) is 15.2. The van der Waals surface area contributed by atoms with Crippen LogP contribution in [0.5, 0.6) is 0 Å². The molecule has 8 nitrogen and oxygen atoms in total. The molecule has 1 aliphatic heterocycles. The summed E-state index contributed by atoms with van der Waals surface area (Å²) in [6.45, 7) is 3.59. The van der Waals surface area contributed by atoms with Crippen LogP contribution in [0.3, 0.4) is 0 Å². The lowest BCUT2D eigenvalue weighted by atomic mass is 10.2.